The van der Waals surface area contributed by atoms with E-state index in [0.29, 0.717) is 38.8 Å². The molecule has 0 saturated heterocycles. The fraction of sp³-hybridized carbons (Fsp3) is 0.750. The number of carboxylic acids is 1. The van der Waals surface area contributed by atoms with Crippen LogP contribution in [-0.4, -0.2) is 83.2 Å². The molecule has 5 atom stereocenters. The van der Waals surface area contributed by atoms with Crippen LogP contribution >= 0.6 is 0 Å². The summed E-state index contributed by atoms with van der Waals surface area (Å²) in [5.41, 5.74) is 21.5. The molecule has 0 aliphatic heterocycles. The number of nitrogens with two attached hydrogens (primary N) is 4. The molecular formula is C20H39N7O7. The Hall–Kier alpha value is -2.81. The van der Waals surface area contributed by atoms with E-state index in [-0.39, 0.29) is 12.8 Å². The van der Waals surface area contributed by atoms with Crippen LogP contribution in [0, 0.1) is 0 Å². The summed E-state index contributed by atoms with van der Waals surface area (Å²) in [4.78, 5) is 60.3. The number of aliphatic hydroxyl groups is 1. The molecule has 0 fully saturated rings. The summed E-state index contributed by atoms with van der Waals surface area (Å²) in [5, 5.41) is 26.5. The van der Waals surface area contributed by atoms with Crippen molar-refractivity contribution in [2.75, 3.05) is 13.1 Å². The molecule has 0 aliphatic rings. The van der Waals surface area contributed by atoms with Crippen molar-refractivity contribution in [3.63, 3.8) is 0 Å². The zero-order valence-corrected chi connectivity index (χ0v) is 19.5. The van der Waals surface area contributed by atoms with Gasteiger partial charge in [-0.3, -0.25) is 19.2 Å². The van der Waals surface area contributed by atoms with Crippen LogP contribution in [0.25, 0.3) is 0 Å². The van der Waals surface area contributed by atoms with Crippen LogP contribution in [-0.2, 0) is 24.0 Å². The van der Waals surface area contributed by atoms with Crippen LogP contribution in [0.3, 0.4) is 0 Å². The molecule has 0 heterocycles. The number of carbonyl (C=O) groups excluding carboxylic acids is 4. The summed E-state index contributed by atoms with van der Waals surface area (Å²) in [6, 6.07) is -5.14. The molecule has 34 heavy (non-hydrogen) atoms. The molecule has 0 aromatic heterocycles. The molecule has 0 rings (SSSR count). The maximum Gasteiger partial charge on any atom is 0.326 e. The van der Waals surface area contributed by atoms with E-state index in [1.165, 1.54) is 6.92 Å². The third-order valence-electron chi connectivity index (χ3n) is 4.96. The summed E-state index contributed by atoms with van der Waals surface area (Å²) in [5.74, 6) is -4.56. The van der Waals surface area contributed by atoms with Gasteiger partial charge in [0.1, 0.15) is 18.1 Å². The van der Waals surface area contributed by atoms with E-state index in [2.05, 4.69) is 16.0 Å². The Morgan fingerprint density at radius 3 is 1.74 bits per heavy atom. The molecule has 0 aromatic carbocycles. The molecule has 0 aliphatic carbocycles. The van der Waals surface area contributed by atoms with Crippen molar-refractivity contribution in [1.29, 1.82) is 0 Å². The predicted octanol–water partition coefficient (Wildman–Crippen LogP) is -3.63. The number of carbonyl (C=O) groups is 5. The van der Waals surface area contributed by atoms with Crippen LogP contribution in [0.1, 0.15) is 51.9 Å². The SMILES string of the molecule is CC(O)C(NC(=O)C(CCCCN)NC(=O)C(N)CC(N)=O)C(=O)NC(CCCCN)C(=O)O. The van der Waals surface area contributed by atoms with Gasteiger partial charge in [0.25, 0.3) is 0 Å². The van der Waals surface area contributed by atoms with E-state index < -0.39 is 66.3 Å². The standard InChI is InChI=1S/C20H39N7O7/c1-11(28)16(19(32)26-14(20(33)34)7-3-5-9-22)27-18(31)13(6-2-4-8-21)25-17(30)12(23)10-15(24)29/h11-14,16,28H,2-10,21-23H2,1H3,(H2,24,29)(H,25,30)(H,26,32)(H,27,31)(H,33,34). The molecule has 0 radical (unpaired) electrons. The minimum Gasteiger partial charge on any atom is -0.480 e. The van der Waals surface area contributed by atoms with Crippen molar-refractivity contribution >= 4 is 29.6 Å². The Morgan fingerprint density at radius 1 is 0.794 bits per heavy atom. The summed E-state index contributed by atoms with van der Waals surface area (Å²) >= 11 is 0. The predicted molar refractivity (Wildman–Crippen MR) is 123 cm³/mol. The van der Waals surface area contributed by atoms with Crippen molar-refractivity contribution < 1.29 is 34.2 Å². The number of hydrogen-bond acceptors (Lipinski definition) is 9. The second-order valence-electron chi connectivity index (χ2n) is 8.03. The van der Waals surface area contributed by atoms with Crippen LogP contribution < -0.4 is 38.9 Å². The molecule has 5 unspecified atom stereocenters. The van der Waals surface area contributed by atoms with E-state index in [4.69, 9.17) is 22.9 Å². The molecule has 0 bridgehead atoms. The summed E-state index contributed by atoms with van der Waals surface area (Å²) < 4.78 is 0. The zero-order valence-electron chi connectivity index (χ0n) is 19.5. The van der Waals surface area contributed by atoms with Gasteiger partial charge < -0.3 is 49.1 Å². The van der Waals surface area contributed by atoms with Gasteiger partial charge in [-0.05, 0) is 58.5 Å². The fourth-order valence-corrected chi connectivity index (χ4v) is 3.02. The molecule has 196 valence electrons. The topological polar surface area (TPSA) is 266 Å². The van der Waals surface area contributed by atoms with Gasteiger partial charge >= 0.3 is 5.97 Å². The number of amides is 4. The van der Waals surface area contributed by atoms with Gasteiger partial charge in [-0.2, -0.15) is 0 Å². The zero-order chi connectivity index (χ0) is 26.3. The number of carboxylic acid groups (broad SMARTS) is 1. The van der Waals surface area contributed by atoms with Crippen LogP contribution in [0.4, 0.5) is 0 Å². The highest BCUT2D eigenvalue weighted by molar-refractivity contribution is 5.95. The van der Waals surface area contributed by atoms with Crippen molar-refractivity contribution in [1.82, 2.24) is 16.0 Å². The lowest BCUT2D eigenvalue weighted by Gasteiger charge is -2.26. The highest BCUT2D eigenvalue weighted by atomic mass is 16.4. The number of aliphatic carboxylic acids is 1. The summed E-state index contributed by atoms with van der Waals surface area (Å²) in [6.07, 6.45) is 0.488. The normalized spacial score (nSPS) is 15.3. The first kappa shape index (κ1) is 31.2. The third kappa shape index (κ3) is 12.4. The second-order valence-corrected chi connectivity index (χ2v) is 8.03. The number of primary amides is 1. The van der Waals surface area contributed by atoms with E-state index >= 15 is 0 Å². The average Bonchev–Trinajstić information content (AvgIpc) is 2.74. The maximum absolute atomic E-state index is 12.9. The van der Waals surface area contributed by atoms with Crippen molar-refractivity contribution in [3.8, 4) is 0 Å². The lowest BCUT2D eigenvalue weighted by molar-refractivity contribution is -0.143. The molecule has 14 nitrogen and oxygen atoms in total. The first-order valence-electron chi connectivity index (χ1n) is 11.2. The minimum atomic E-state index is -1.49. The smallest absolute Gasteiger partial charge is 0.326 e. The fourth-order valence-electron chi connectivity index (χ4n) is 3.02. The molecule has 0 saturated carbocycles. The molecular weight excluding hydrogens is 450 g/mol. The summed E-state index contributed by atoms with van der Waals surface area (Å²) in [7, 11) is 0. The number of rotatable bonds is 18. The van der Waals surface area contributed by atoms with Crippen molar-refractivity contribution in [3.05, 3.63) is 0 Å². The van der Waals surface area contributed by atoms with Gasteiger partial charge in [0, 0.05) is 0 Å². The minimum absolute atomic E-state index is 0.119. The number of unbranched alkanes of at least 4 members (excludes halogenated alkanes) is 2. The quantitative estimate of drug-likeness (QED) is 0.0852. The van der Waals surface area contributed by atoms with Gasteiger partial charge in [-0.1, -0.05) is 0 Å². The molecule has 0 spiro atoms. The molecule has 13 N–H and O–H groups in total. The van der Waals surface area contributed by atoms with Gasteiger partial charge in [-0.15, -0.1) is 0 Å². The van der Waals surface area contributed by atoms with Gasteiger partial charge in [0.05, 0.1) is 18.6 Å². The Labute approximate surface area is 198 Å². The van der Waals surface area contributed by atoms with E-state index in [1.54, 1.807) is 0 Å². The van der Waals surface area contributed by atoms with Gasteiger partial charge in [-0.25, -0.2) is 4.79 Å². The lowest BCUT2D eigenvalue weighted by atomic mass is 10.0. The Balaban J connectivity index is 5.38. The average molecular weight is 490 g/mol. The molecule has 14 heteroatoms. The van der Waals surface area contributed by atoms with E-state index in [1.807, 2.05) is 0 Å². The first-order valence-corrected chi connectivity index (χ1v) is 11.2. The van der Waals surface area contributed by atoms with Crippen molar-refractivity contribution in [2.24, 2.45) is 22.9 Å². The molecule has 0 aromatic rings. The monoisotopic (exact) mass is 489 g/mol. The van der Waals surface area contributed by atoms with Crippen molar-refractivity contribution in [2.45, 2.75) is 82.1 Å². The largest absolute Gasteiger partial charge is 0.480 e. The Kier molecular flexibility index (Phi) is 15.4. The van der Waals surface area contributed by atoms with E-state index in [0.717, 1.165) is 0 Å². The summed E-state index contributed by atoms with van der Waals surface area (Å²) in [6.45, 7) is 1.97. The van der Waals surface area contributed by atoms with Crippen LogP contribution in [0.2, 0.25) is 0 Å². The number of aliphatic hydroxyl groups excluding tert-OH is 1. The van der Waals surface area contributed by atoms with E-state index in [9.17, 15) is 34.2 Å². The number of nitrogens with one attached hydrogen (secondary N) is 3. The Bertz CT molecular complexity index is 690. The third-order valence-corrected chi connectivity index (χ3v) is 4.96. The van der Waals surface area contributed by atoms with Crippen LogP contribution in [0.15, 0.2) is 0 Å². The van der Waals surface area contributed by atoms with Gasteiger partial charge in [0.2, 0.25) is 23.6 Å². The second kappa shape index (κ2) is 16.7. The highest BCUT2D eigenvalue weighted by Crippen LogP contribution is 2.06. The lowest BCUT2D eigenvalue weighted by Crippen LogP contribution is -2.60. The number of hydrogen-bond donors (Lipinski definition) is 9. The first-order chi connectivity index (χ1) is 15.9. The van der Waals surface area contributed by atoms with Crippen LogP contribution in [0.5, 0.6) is 0 Å². The molecule has 4 amide bonds. The highest BCUT2D eigenvalue weighted by Gasteiger charge is 2.32. The maximum atomic E-state index is 12.9. The van der Waals surface area contributed by atoms with Gasteiger partial charge in [0.15, 0.2) is 0 Å². The Morgan fingerprint density at radius 2 is 1.29 bits per heavy atom.